The molecule has 0 saturated carbocycles. The molecule has 0 fully saturated rings. The molecule has 0 unspecified atom stereocenters. The summed E-state index contributed by atoms with van der Waals surface area (Å²) >= 11 is 0. The molecule has 90 valence electrons. The van der Waals surface area contributed by atoms with Gasteiger partial charge in [-0.25, -0.2) is 9.78 Å². The molecule has 0 radical (unpaired) electrons. The van der Waals surface area contributed by atoms with E-state index in [1.807, 2.05) is 64.1 Å². The summed E-state index contributed by atoms with van der Waals surface area (Å²) in [5, 5.41) is 0. The highest BCUT2D eigenvalue weighted by Crippen LogP contribution is 1.97. The van der Waals surface area contributed by atoms with Crippen molar-refractivity contribution >= 4 is 6.08 Å². The molecule has 2 heteroatoms. The third-order valence-electron chi connectivity index (χ3n) is 1.48. The summed E-state index contributed by atoms with van der Waals surface area (Å²) < 4.78 is 0. The van der Waals surface area contributed by atoms with Gasteiger partial charge in [-0.1, -0.05) is 43.0 Å². The van der Waals surface area contributed by atoms with Gasteiger partial charge < -0.3 is 0 Å². The van der Waals surface area contributed by atoms with Crippen LogP contribution in [0, 0.1) is 0 Å². The lowest BCUT2D eigenvalue weighted by molar-refractivity contribution is -0.337. The van der Waals surface area contributed by atoms with Gasteiger partial charge in [0.1, 0.15) is 0 Å². The predicted molar refractivity (Wildman–Crippen MR) is 69.0 cm³/mol. The SMILES string of the molecule is C=Cc1ccccc1.CC(C)OOC(C)C. The first-order chi connectivity index (χ1) is 7.56. The minimum Gasteiger partial charge on any atom is -0.234 e. The van der Waals surface area contributed by atoms with Crippen molar-refractivity contribution in [2.75, 3.05) is 0 Å². The normalized spacial score (nSPS) is 9.88. The quantitative estimate of drug-likeness (QED) is 0.564. The fraction of sp³-hybridized carbons (Fsp3) is 0.429. The summed E-state index contributed by atoms with van der Waals surface area (Å²) in [7, 11) is 0. The smallest absolute Gasteiger partial charge is 0.0874 e. The maximum Gasteiger partial charge on any atom is 0.0874 e. The molecule has 0 saturated heterocycles. The van der Waals surface area contributed by atoms with Crippen LogP contribution in [0.5, 0.6) is 0 Å². The number of benzene rings is 1. The van der Waals surface area contributed by atoms with Crippen LogP contribution < -0.4 is 0 Å². The van der Waals surface area contributed by atoms with E-state index in [1.165, 1.54) is 5.56 Å². The maximum absolute atomic E-state index is 4.80. The Morgan fingerprint density at radius 2 is 1.38 bits per heavy atom. The standard InChI is InChI=1S/C8H8.C6H14O2/c1-2-8-6-4-3-5-7-8;1-5(2)7-8-6(3)4/h2-7H,1H2;5-6H,1-4H3. The lowest BCUT2D eigenvalue weighted by Crippen LogP contribution is -2.08. The van der Waals surface area contributed by atoms with Crippen molar-refractivity contribution in [2.45, 2.75) is 39.9 Å². The van der Waals surface area contributed by atoms with Crippen molar-refractivity contribution in [2.24, 2.45) is 0 Å². The predicted octanol–water partition coefficient (Wildman–Crippen LogP) is 4.08. The van der Waals surface area contributed by atoms with Crippen LogP contribution in [0.25, 0.3) is 6.08 Å². The third kappa shape index (κ3) is 9.44. The zero-order valence-corrected chi connectivity index (χ0v) is 10.6. The largest absolute Gasteiger partial charge is 0.234 e. The van der Waals surface area contributed by atoms with Gasteiger partial charge in [-0.15, -0.1) is 0 Å². The molecule has 0 heterocycles. The molecule has 0 bridgehead atoms. The highest BCUT2D eigenvalue weighted by Gasteiger charge is 1.95. The molecule has 0 atom stereocenters. The Bertz CT molecular complexity index is 257. The van der Waals surface area contributed by atoms with Crippen molar-refractivity contribution in [1.29, 1.82) is 0 Å². The molecule has 1 aromatic carbocycles. The van der Waals surface area contributed by atoms with E-state index in [0.717, 1.165) is 0 Å². The lowest BCUT2D eigenvalue weighted by atomic mass is 10.2. The minimum atomic E-state index is 0.164. The Balaban J connectivity index is 0.000000281. The molecule has 1 rings (SSSR count). The van der Waals surface area contributed by atoms with Gasteiger partial charge in [-0.3, -0.25) is 0 Å². The van der Waals surface area contributed by atoms with E-state index in [0.29, 0.717) is 0 Å². The second kappa shape index (κ2) is 9.13. The van der Waals surface area contributed by atoms with E-state index >= 15 is 0 Å². The fourth-order valence-electron chi connectivity index (χ4n) is 0.811. The van der Waals surface area contributed by atoms with E-state index < -0.39 is 0 Å². The molecule has 2 nitrogen and oxygen atoms in total. The first-order valence-corrected chi connectivity index (χ1v) is 5.56. The van der Waals surface area contributed by atoms with Crippen LogP contribution in [0.3, 0.4) is 0 Å². The highest BCUT2D eigenvalue weighted by atomic mass is 17.2. The third-order valence-corrected chi connectivity index (χ3v) is 1.48. The first-order valence-electron chi connectivity index (χ1n) is 5.56. The van der Waals surface area contributed by atoms with Crippen molar-refractivity contribution < 1.29 is 9.78 Å². The Kier molecular flexibility index (Phi) is 8.49. The summed E-state index contributed by atoms with van der Waals surface area (Å²) in [4.78, 5) is 9.61. The van der Waals surface area contributed by atoms with E-state index in [4.69, 9.17) is 9.78 Å². The van der Waals surface area contributed by atoms with E-state index in [1.54, 1.807) is 0 Å². The monoisotopic (exact) mass is 222 g/mol. The Labute approximate surface area is 98.8 Å². The van der Waals surface area contributed by atoms with E-state index in [9.17, 15) is 0 Å². The van der Waals surface area contributed by atoms with Gasteiger partial charge in [0.25, 0.3) is 0 Å². The molecular weight excluding hydrogens is 200 g/mol. The summed E-state index contributed by atoms with van der Waals surface area (Å²) in [6.45, 7) is 11.4. The molecule has 1 aromatic rings. The number of rotatable bonds is 4. The Hall–Kier alpha value is -1.12. The second-order valence-corrected chi connectivity index (χ2v) is 3.90. The van der Waals surface area contributed by atoms with Gasteiger partial charge in [0.15, 0.2) is 0 Å². The van der Waals surface area contributed by atoms with Crippen LogP contribution in [0.4, 0.5) is 0 Å². The van der Waals surface area contributed by atoms with Crippen molar-refractivity contribution in [3.63, 3.8) is 0 Å². The Morgan fingerprint density at radius 3 is 1.62 bits per heavy atom. The minimum absolute atomic E-state index is 0.164. The van der Waals surface area contributed by atoms with Gasteiger partial charge in [-0.2, -0.15) is 0 Å². The van der Waals surface area contributed by atoms with Crippen molar-refractivity contribution in [3.8, 4) is 0 Å². The van der Waals surface area contributed by atoms with Gasteiger partial charge in [0.2, 0.25) is 0 Å². The van der Waals surface area contributed by atoms with Crippen LogP contribution in [0.1, 0.15) is 33.3 Å². The van der Waals surface area contributed by atoms with Gasteiger partial charge in [-0.05, 0) is 33.3 Å². The first kappa shape index (κ1) is 14.9. The second-order valence-electron chi connectivity index (χ2n) is 3.90. The van der Waals surface area contributed by atoms with Crippen LogP contribution >= 0.6 is 0 Å². The van der Waals surface area contributed by atoms with Crippen LogP contribution in [-0.2, 0) is 9.78 Å². The maximum atomic E-state index is 4.80. The van der Waals surface area contributed by atoms with Crippen molar-refractivity contribution in [1.82, 2.24) is 0 Å². The molecule has 0 aliphatic carbocycles. The van der Waals surface area contributed by atoms with Gasteiger partial charge >= 0.3 is 0 Å². The summed E-state index contributed by atoms with van der Waals surface area (Å²) in [5.74, 6) is 0. The summed E-state index contributed by atoms with van der Waals surface area (Å²) in [6, 6.07) is 10.0. The Morgan fingerprint density at radius 1 is 0.938 bits per heavy atom. The highest BCUT2D eigenvalue weighted by molar-refractivity contribution is 5.45. The average molecular weight is 222 g/mol. The zero-order chi connectivity index (χ0) is 12.4. The fourth-order valence-corrected chi connectivity index (χ4v) is 0.811. The molecule has 0 N–H and O–H groups in total. The molecular formula is C14H22O2. The van der Waals surface area contributed by atoms with Gasteiger partial charge in [0.05, 0.1) is 12.2 Å². The lowest BCUT2D eigenvalue weighted by Gasteiger charge is -2.08. The molecule has 0 aliphatic heterocycles. The molecule has 0 aromatic heterocycles. The average Bonchev–Trinajstić information content (AvgIpc) is 2.28. The number of hydrogen-bond donors (Lipinski definition) is 0. The van der Waals surface area contributed by atoms with Gasteiger partial charge in [0, 0.05) is 0 Å². The molecule has 16 heavy (non-hydrogen) atoms. The van der Waals surface area contributed by atoms with Crippen molar-refractivity contribution in [3.05, 3.63) is 42.5 Å². The molecule has 0 amide bonds. The van der Waals surface area contributed by atoms with Crippen LogP contribution in [0.2, 0.25) is 0 Å². The zero-order valence-electron chi connectivity index (χ0n) is 10.6. The van der Waals surface area contributed by atoms with E-state index in [-0.39, 0.29) is 12.2 Å². The number of hydrogen-bond acceptors (Lipinski definition) is 2. The molecule has 0 aliphatic rings. The summed E-state index contributed by atoms with van der Waals surface area (Å²) in [6.07, 6.45) is 2.16. The summed E-state index contributed by atoms with van der Waals surface area (Å²) in [5.41, 5.74) is 1.17. The molecule has 0 spiro atoms. The van der Waals surface area contributed by atoms with Crippen LogP contribution in [-0.4, -0.2) is 12.2 Å². The van der Waals surface area contributed by atoms with Crippen LogP contribution in [0.15, 0.2) is 36.9 Å². The van der Waals surface area contributed by atoms with E-state index in [2.05, 4.69) is 6.58 Å². The topological polar surface area (TPSA) is 18.5 Å².